The van der Waals surface area contributed by atoms with Crippen molar-refractivity contribution in [2.24, 2.45) is 0 Å². The Morgan fingerprint density at radius 1 is 1.10 bits per heavy atom. The Morgan fingerprint density at radius 2 is 1.75 bits per heavy atom. The molecule has 20 heavy (non-hydrogen) atoms. The largest absolute Gasteiger partial charge is 0.451 e. The zero-order chi connectivity index (χ0) is 14.7. The lowest BCUT2D eigenvalue weighted by atomic mass is 10.0. The summed E-state index contributed by atoms with van der Waals surface area (Å²) in [6.07, 6.45) is 0. The van der Waals surface area contributed by atoms with Gasteiger partial charge < -0.3 is 4.74 Å². The maximum absolute atomic E-state index is 13.9. The molecule has 0 unspecified atom stereocenters. The van der Waals surface area contributed by atoms with Crippen LogP contribution >= 0.6 is 15.9 Å². The highest BCUT2D eigenvalue weighted by Gasteiger charge is 2.14. The molecule has 0 aromatic heterocycles. The van der Waals surface area contributed by atoms with Gasteiger partial charge in [-0.1, -0.05) is 41.9 Å². The fourth-order valence-corrected chi connectivity index (χ4v) is 2.17. The van der Waals surface area contributed by atoms with Gasteiger partial charge in [0.2, 0.25) is 0 Å². The summed E-state index contributed by atoms with van der Waals surface area (Å²) >= 11 is 3.17. The van der Waals surface area contributed by atoms with Crippen LogP contribution < -0.4 is 4.74 Å². The highest BCUT2D eigenvalue weighted by atomic mass is 79.9. The summed E-state index contributed by atoms with van der Waals surface area (Å²) in [5.41, 5.74) is 1.59. The first-order valence-electron chi connectivity index (χ1n) is 6.33. The van der Waals surface area contributed by atoms with Crippen LogP contribution in [0.1, 0.15) is 30.9 Å². The Balaban J connectivity index is 2.32. The van der Waals surface area contributed by atoms with Gasteiger partial charge >= 0.3 is 0 Å². The van der Waals surface area contributed by atoms with Crippen LogP contribution in [-0.4, -0.2) is 0 Å². The molecule has 0 aliphatic rings. The van der Waals surface area contributed by atoms with Gasteiger partial charge in [-0.15, -0.1) is 0 Å². The van der Waals surface area contributed by atoms with Gasteiger partial charge in [0.25, 0.3) is 0 Å². The second-order valence-electron chi connectivity index (χ2n) is 4.85. The van der Waals surface area contributed by atoms with Gasteiger partial charge in [-0.25, -0.2) is 8.78 Å². The standard InChI is InChI=1S/C16H15BrF2O/c1-10(2)12-4-3-5-13(8-12)20-16-14(18)6-11(9-17)7-15(16)19/h3-8,10H,9H2,1-2H3. The molecule has 0 amide bonds. The van der Waals surface area contributed by atoms with E-state index in [4.69, 9.17) is 4.74 Å². The van der Waals surface area contributed by atoms with Gasteiger partial charge in [0, 0.05) is 5.33 Å². The molecule has 0 N–H and O–H groups in total. The summed E-state index contributed by atoms with van der Waals surface area (Å²) in [6.45, 7) is 4.09. The van der Waals surface area contributed by atoms with E-state index in [0.717, 1.165) is 5.56 Å². The van der Waals surface area contributed by atoms with Crippen LogP contribution in [0.4, 0.5) is 8.78 Å². The highest BCUT2D eigenvalue weighted by molar-refractivity contribution is 9.08. The minimum atomic E-state index is -0.700. The number of rotatable bonds is 4. The molecule has 0 radical (unpaired) electrons. The molecule has 0 saturated heterocycles. The first kappa shape index (κ1) is 15.0. The van der Waals surface area contributed by atoms with Gasteiger partial charge in [-0.3, -0.25) is 0 Å². The summed E-state index contributed by atoms with van der Waals surface area (Å²) in [5, 5.41) is 0.393. The molecule has 2 rings (SSSR count). The van der Waals surface area contributed by atoms with Crippen LogP contribution in [-0.2, 0) is 5.33 Å². The molecule has 0 saturated carbocycles. The third-order valence-electron chi connectivity index (χ3n) is 2.96. The Hall–Kier alpha value is -1.42. The van der Waals surface area contributed by atoms with E-state index >= 15 is 0 Å². The molecule has 0 atom stereocenters. The first-order chi connectivity index (χ1) is 9.51. The molecule has 0 aliphatic heterocycles. The molecule has 4 heteroatoms. The molecule has 0 aliphatic carbocycles. The molecule has 1 nitrogen and oxygen atoms in total. The summed E-state index contributed by atoms with van der Waals surface area (Å²) in [7, 11) is 0. The van der Waals surface area contributed by atoms with E-state index in [2.05, 4.69) is 15.9 Å². The number of ether oxygens (including phenoxy) is 1. The van der Waals surface area contributed by atoms with E-state index in [-0.39, 0.29) is 5.75 Å². The number of alkyl halides is 1. The molecule has 2 aromatic rings. The van der Waals surface area contributed by atoms with Gasteiger partial charge in [-0.05, 0) is 41.3 Å². The van der Waals surface area contributed by atoms with Crippen LogP contribution in [0.15, 0.2) is 36.4 Å². The molecule has 106 valence electrons. The van der Waals surface area contributed by atoms with Crippen LogP contribution in [0.25, 0.3) is 0 Å². The van der Waals surface area contributed by atoms with Crippen molar-refractivity contribution in [2.45, 2.75) is 25.1 Å². The summed E-state index contributed by atoms with van der Waals surface area (Å²) in [6, 6.07) is 9.77. The zero-order valence-electron chi connectivity index (χ0n) is 11.3. The van der Waals surface area contributed by atoms with Gasteiger partial charge in [0.15, 0.2) is 17.4 Å². The topological polar surface area (TPSA) is 9.23 Å². The zero-order valence-corrected chi connectivity index (χ0v) is 12.9. The van der Waals surface area contributed by atoms with Crippen LogP contribution in [0.2, 0.25) is 0 Å². The number of hydrogen-bond acceptors (Lipinski definition) is 1. The molecule has 2 aromatic carbocycles. The van der Waals surface area contributed by atoms with Crippen LogP contribution in [0, 0.1) is 11.6 Å². The molecule has 0 fully saturated rings. The quantitative estimate of drug-likeness (QED) is 0.641. The second-order valence-corrected chi connectivity index (χ2v) is 5.41. The monoisotopic (exact) mass is 340 g/mol. The Labute approximate surface area is 125 Å². The predicted molar refractivity (Wildman–Crippen MR) is 79.6 cm³/mol. The van der Waals surface area contributed by atoms with Crippen molar-refractivity contribution in [2.75, 3.05) is 0 Å². The lowest BCUT2D eigenvalue weighted by molar-refractivity contribution is 0.406. The van der Waals surface area contributed by atoms with Crippen LogP contribution in [0.5, 0.6) is 11.5 Å². The predicted octanol–water partition coefficient (Wildman–Crippen LogP) is 5.78. The molecule has 0 heterocycles. The van der Waals surface area contributed by atoms with Crippen molar-refractivity contribution >= 4 is 15.9 Å². The SMILES string of the molecule is CC(C)c1cccc(Oc2c(F)cc(CBr)cc2F)c1. The average Bonchev–Trinajstić information content (AvgIpc) is 2.42. The van der Waals surface area contributed by atoms with Gasteiger partial charge in [-0.2, -0.15) is 0 Å². The highest BCUT2D eigenvalue weighted by Crippen LogP contribution is 2.30. The van der Waals surface area contributed by atoms with Crippen molar-refractivity contribution in [3.63, 3.8) is 0 Å². The third kappa shape index (κ3) is 3.37. The summed E-state index contributed by atoms with van der Waals surface area (Å²) < 4.78 is 33.1. The molecule has 0 bridgehead atoms. The van der Waals surface area contributed by atoms with Gasteiger partial charge in [0.1, 0.15) is 5.75 Å². The fraction of sp³-hybridized carbons (Fsp3) is 0.250. The Kier molecular flexibility index (Phi) is 4.76. The molecule has 0 spiro atoms. The van der Waals surface area contributed by atoms with Crippen molar-refractivity contribution in [1.82, 2.24) is 0 Å². The Bertz CT molecular complexity index is 588. The number of benzene rings is 2. The first-order valence-corrected chi connectivity index (χ1v) is 7.45. The third-order valence-corrected chi connectivity index (χ3v) is 3.60. The van der Waals surface area contributed by atoms with E-state index in [9.17, 15) is 8.78 Å². The normalized spacial score (nSPS) is 10.9. The van der Waals surface area contributed by atoms with Crippen molar-refractivity contribution in [1.29, 1.82) is 0 Å². The second kappa shape index (κ2) is 6.35. The van der Waals surface area contributed by atoms with E-state index in [0.29, 0.717) is 22.6 Å². The summed E-state index contributed by atoms with van der Waals surface area (Å²) in [5.74, 6) is -1.01. The minimum absolute atomic E-state index is 0.323. The van der Waals surface area contributed by atoms with Crippen molar-refractivity contribution < 1.29 is 13.5 Å². The number of halogens is 3. The summed E-state index contributed by atoms with van der Waals surface area (Å²) in [4.78, 5) is 0. The van der Waals surface area contributed by atoms with E-state index in [1.54, 1.807) is 12.1 Å². The lowest BCUT2D eigenvalue weighted by Gasteiger charge is -2.11. The van der Waals surface area contributed by atoms with E-state index < -0.39 is 11.6 Å². The van der Waals surface area contributed by atoms with Crippen LogP contribution in [0.3, 0.4) is 0 Å². The van der Waals surface area contributed by atoms with E-state index in [1.807, 2.05) is 26.0 Å². The molecular weight excluding hydrogens is 326 g/mol. The molecular formula is C16H15BrF2O. The smallest absolute Gasteiger partial charge is 0.198 e. The van der Waals surface area contributed by atoms with E-state index in [1.165, 1.54) is 12.1 Å². The maximum atomic E-state index is 13.9. The van der Waals surface area contributed by atoms with Gasteiger partial charge in [0.05, 0.1) is 0 Å². The van der Waals surface area contributed by atoms with Crippen molar-refractivity contribution in [3.8, 4) is 11.5 Å². The number of hydrogen-bond donors (Lipinski definition) is 0. The maximum Gasteiger partial charge on any atom is 0.198 e. The fourth-order valence-electron chi connectivity index (χ4n) is 1.84. The minimum Gasteiger partial charge on any atom is -0.451 e. The average molecular weight is 341 g/mol. The van der Waals surface area contributed by atoms with Crippen molar-refractivity contribution in [3.05, 3.63) is 59.2 Å². The Morgan fingerprint density at radius 3 is 2.30 bits per heavy atom. The lowest BCUT2D eigenvalue weighted by Crippen LogP contribution is -1.96.